The Morgan fingerprint density at radius 1 is 1.30 bits per heavy atom. The Hall–Kier alpha value is -2.03. The molecule has 0 aromatic carbocycles. The molecular formula is C16H13IN4O2. The van der Waals surface area contributed by atoms with E-state index in [1.54, 1.807) is 12.4 Å². The summed E-state index contributed by atoms with van der Waals surface area (Å²) in [5, 5.41) is 0. The first-order chi connectivity index (χ1) is 11.2. The molecule has 4 rings (SSSR count). The number of methoxy groups -OCH3 is 1. The van der Waals surface area contributed by atoms with Gasteiger partial charge in [-0.25, -0.2) is 4.98 Å². The molecule has 1 aliphatic carbocycles. The van der Waals surface area contributed by atoms with Crippen LogP contribution in [0.5, 0.6) is 6.01 Å². The van der Waals surface area contributed by atoms with E-state index >= 15 is 0 Å². The van der Waals surface area contributed by atoms with E-state index in [4.69, 9.17) is 4.74 Å². The summed E-state index contributed by atoms with van der Waals surface area (Å²) in [5.74, 6) is 0.212. The topological polar surface area (TPSA) is 80.8 Å². The third kappa shape index (κ3) is 2.30. The highest BCUT2D eigenvalue weighted by molar-refractivity contribution is 14.1. The van der Waals surface area contributed by atoms with Crippen LogP contribution in [0, 0.1) is 3.57 Å². The van der Waals surface area contributed by atoms with Crippen molar-refractivity contribution in [1.82, 2.24) is 19.9 Å². The number of H-pyrrole nitrogens is 1. The zero-order chi connectivity index (χ0) is 16.0. The van der Waals surface area contributed by atoms with E-state index in [0.29, 0.717) is 23.5 Å². The number of hydrogen-bond acceptors (Lipinski definition) is 5. The van der Waals surface area contributed by atoms with Crippen molar-refractivity contribution < 1.29 is 9.53 Å². The number of pyridine rings is 1. The minimum atomic E-state index is 0.212. The smallest absolute Gasteiger partial charge is 0.316 e. The zero-order valence-corrected chi connectivity index (χ0v) is 14.5. The second-order valence-electron chi connectivity index (χ2n) is 5.39. The van der Waals surface area contributed by atoms with Gasteiger partial charge in [-0.2, -0.15) is 4.98 Å². The molecule has 0 saturated carbocycles. The molecule has 3 aromatic rings. The van der Waals surface area contributed by atoms with E-state index in [1.807, 2.05) is 6.07 Å². The van der Waals surface area contributed by atoms with Gasteiger partial charge in [-0.3, -0.25) is 9.78 Å². The molecule has 3 heterocycles. The van der Waals surface area contributed by atoms with Gasteiger partial charge >= 0.3 is 6.01 Å². The van der Waals surface area contributed by atoms with Crippen molar-refractivity contribution in [3.8, 4) is 17.3 Å². The number of aromatic nitrogens is 4. The Morgan fingerprint density at radius 2 is 2.17 bits per heavy atom. The highest BCUT2D eigenvalue weighted by Gasteiger charge is 2.26. The van der Waals surface area contributed by atoms with Crippen LogP contribution >= 0.6 is 22.6 Å². The quantitative estimate of drug-likeness (QED) is 0.645. The average molecular weight is 420 g/mol. The Balaban J connectivity index is 1.98. The van der Waals surface area contributed by atoms with Crippen molar-refractivity contribution in [1.29, 1.82) is 0 Å². The van der Waals surface area contributed by atoms with E-state index in [0.717, 1.165) is 38.9 Å². The van der Waals surface area contributed by atoms with Gasteiger partial charge in [0.1, 0.15) is 11.0 Å². The van der Waals surface area contributed by atoms with Gasteiger partial charge in [0, 0.05) is 27.4 Å². The Bertz CT molecular complexity index is 935. The molecule has 0 amide bonds. The highest BCUT2D eigenvalue weighted by Crippen LogP contribution is 2.36. The van der Waals surface area contributed by atoms with Crippen LogP contribution in [0.15, 0.2) is 18.5 Å². The first-order valence-electron chi connectivity index (χ1n) is 7.28. The fourth-order valence-corrected chi connectivity index (χ4v) is 4.02. The second kappa shape index (κ2) is 5.55. The number of hydrogen-bond donors (Lipinski definition) is 1. The summed E-state index contributed by atoms with van der Waals surface area (Å²) in [4.78, 5) is 28.5. The van der Waals surface area contributed by atoms with Crippen molar-refractivity contribution >= 4 is 39.4 Å². The molecule has 0 atom stereocenters. The average Bonchev–Trinajstić information content (AvgIpc) is 2.92. The van der Waals surface area contributed by atoms with Gasteiger partial charge in [-0.05, 0) is 41.5 Å². The number of fused-ring (bicyclic) bond motifs is 2. The number of carbonyl (C=O) groups is 1. The molecule has 0 saturated heterocycles. The Labute approximate surface area is 145 Å². The Kier molecular flexibility index (Phi) is 3.51. The van der Waals surface area contributed by atoms with E-state index < -0.39 is 0 Å². The van der Waals surface area contributed by atoms with E-state index in [9.17, 15) is 4.79 Å². The molecule has 0 radical (unpaired) electrons. The summed E-state index contributed by atoms with van der Waals surface area (Å²) < 4.78 is 6.08. The second-order valence-corrected chi connectivity index (χ2v) is 6.47. The molecule has 7 heteroatoms. The molecule has 6 nitrogen and oxygen atoms in total. The Morgan fingerprint density at radius 3 is 2.96 bits per heavy atom. The molecule has 0 spiro atoms. The number of halogens is 1. The number of aryl methyl sites for hydroxylation is 1. The van der Waals surface area contributed by atoms with Crippen LogP contribution in [0.4, 0.5) is 0 Å². The molecule has 0 fully saturated rings. The maximum Gasteiger partial charge on any atom is 0.316 e. The summed E-state index contributed by atoms with van der Waals surface area (Å²) >= 11 is 2.24. The van der Waals surface area contributed by atoms with E-state index in [2.05, 4.69) is 42.5 Å². The molecule has 116 valence electrons. The number of rotatable bonds is 2. The minimum Gasteiger partial charge on any atom is -0.467 e. The summed E-state index contributed by atoms with van der Waals surface area (Å²) in [6, 6.07) is 2.20. The van der Waals surface area contributed by atoms with Crippen LogP contribution in [0.3, 0.4) is 0 Å². The lowest BCUT2D eigenvalue weighted by Crippen LogP contribution is -2.09. The number of ketones is 1. The SMILES string of the molecule is COc1ncc2nccc(-c3[nH]c4c(c3I)C(=O)CCC4)c2n1. The third-order valence-electron chi connectivity index (χ3n) is 4.04. The van der Waals surface area contributed by atoms with Gasteiger partial charge in [0.05, 0.1) is 24.6 Å². The molecule has 1 aliphatic rings. The lowest BCUT2D eigenvalue weighted by atomic mass is 9.96. The monoisotopic (exact) mass is 420 g/mol. The van der Waals surface area contributed by atoms with Crippen molar-refractivity contribution in [3.05, 3.63) is 33.3 Å². The van der Waals surface area contributed by atoms with Crippen LogP contribution in [0.25, 0.3) is 22.3 Å². The van der Waals surface area contributed by atoms with Crippen LogP contribution < -0.4 is 4.74 Å². The van der Waals surface area contributed by atoms with E-state index in [1.165, 1.54) is 7.11 Å². The van der Waals surface area contributed by atoms with Crippen LogP contribution in [-0.4, -0.2) is 32.8 Å². The fraction of sp³-hybridized carbons (Fsp3) is 0.250. The first-order valence-corrected chi connectivity index (χ1v) is 8.36. The van der Waals surface area contributed by atoms with Crippen LogP contribution in [0.2, 0.25) is 0 Å². The maximum atomic E-state index is 12.2. The van der Waals surface area contributed by atoms with Crippen molar-refractivity contribution in [2.45, 2.75) is 19.3 Å². The van der Waals surface area contributed by atoms with Crippen molar-refractivity contribution in [2.24, 2.45) is 0 Å². The predicted octanol–water partition coefficient (Wildman–Crippen LogP) is 3.15. The fourth-order valence-electron chi connectivity index (χ4n) is 2.96. The summed E-state index contributed by atoms with van der Waals surface area (Å²) in [6.07, 6.45) is 5.79. The predicted molar refractivity (Wildman–Crippen MR) is 93.7 cm³/mol. The van der Waals surface area contributed by atoms with Crippen LogP contribution in [0.1, 0.15) is 28.9 Å². The lowest BCUT2D eigenvalue weighted by molar-refractivity contribution is 0.0971. The number of ether oxygens (including phenoxy) is 1. The number of nitrogens with zero attached hydrogens (tertiary/aromatic N) is 3. The van der Waals surface area contributed by atoms with Gasteiger partial charge in [0.2, 0.25) is 0 Å². The third-order valence-corrected chi connectivity index (χ3v) is 5.11. The van der Waals surface area contributed by atoms with Crippen LogP contribution in [-0.2, 0) is 6.42 Å². The van der Waals surface area contributed by atoms with Crippen molar-refractivity contribution in [2.75, 3.05) is 7.11 Å². The highest BCUT2D eigenvalue weighted by atomic mass is 127. The molecular weight excluding hydrogens is 407 g/mol. The standard InChI is InChI=1S/C16H13IN4O2/c1-23-16-19-7-10-14(21-16)8(5-6-18-10)15-13(17)12-9(20-15)3-2-4-11(12)22/h5-7,20H,2-4H2,1H3. The molecule has 0 aliphatic heterocycles. The summed E-state index contributed by atoms with van der Waals surface area (Å²) in [7, 11) is 1.53. The van der Waals surface area contributed by atoms with Gasteiger partial charge in [0.15, 0.2) is 5.78 Å². The summed E-state index contributed by atoms with van der Waals surface area (Å²) in [6.45, 7) is 0. The van der Waals surface area contributed by atoms with Gasteiger partial charge in [-0.1, -0.05) is 0 Å². The number of aromatic amines is 1. The number of nitrogens with one attached hydrogen (secondary N) is 1. The minimum absolute atomic E-state index is 0.212. The molecule has 0 bridgehead atoms. The largest absolute Gasteiger partial charge is 0.467 e. The molecule has 1 N–H and O–H groups in total. The normalized spacial score (nSPS) is 14.1. The molecule has 3 aromatic heterocycles. The molecule has 23 heavy (non-hydrogen) atoms. The zero-order valence-electron chi connectivity index (χ0n) is 12.4. The first kappa shape index (κ1) is 14.6. The maximum absolute atomic E-state index is 12.2. The van der Waals surface area contributed by atoms with E-state index in [-0.39, 0.29) is 5.78 Å². The lowest BCUT2D eigenvalue weighted by Gasteiger charge is -2.09. The summed E-state index contributed by atoms with van der Waals surface area (Å²) in [5.41, 5.74) is 5.08. The van der Waals surface area contributed by atoms with Gasteiger partial charge in [0.25, 0.3) is 0 Å². The van der Waals surface area contributed by atoms with Crippen molar-refractivity contribution in [3.63, 3.8) is 0 Å². The van der Waals surface area contributed by atoms with Gasteiger partial charge in [-0.15, -0.1) is 0 Å². The van der Waals surface area contributed by atoms with Gasteiger partial charge < -0.3 is 9.72 Å². The molecule has 0 unspecified atom stereocenters. The number of carbonyl (C=O) groups excluding carboxylic acids is 1. The number of Topliss-reactive ketones (excluding diaryl/α,β-unsaturated/α-hetero) is 1.